The molecule has 0 radical (unpaired) electrons. The van der Waals surface area contributed by atoms with Gasteiger partial charge < -0.3 is 11.1 Å². The van der Waals surface area contributed by atoms with Crippen LogP contribution in [0.3, 0.4) is 0 Å². The molecule has 0 spiro atoms. The first-order chi connectivity index (χ1) is 8.54. The first-order valence-electron chi connectivity index (χ1n) is 6.00. The van der Waals surface area contributed by atoms with Gasteiger partial charge in [0, 0.05) is 22.5 Å². The molecule has 1 atom stereocenters. The standard InChI is InChI=1S/C13H19ClN2OS/c1-3-18-12-5-4-10(14)8-11(12)13(17)16-7-6-9(2)15/h4-5,8-9H,3,6-7,15H2,1-2H3,(H,16,17). The SMILES string of the molecule is CCSc1ccc(Cl)cc1C(=O)NCCC(C)N. The van der Waals surface area contributed by atoms with Gasteiger partial charge in [0.2, 0.25) is 0 Å². The number of hydrogen-bond donors (Lipinski definition) is 2. The van der Waals surface area contributed by atoms with E-state index < -0.39 is 0 Å². The van der Waals surface area contributed by atoms with Crippen LogP contribution < -0.4 is 11.1 Å². The molecular weight excluding hydrogens is 268 g/mol. The summed E-state index contributed by atoms with van der Waals surface area (Å²) >= 11 is 7.57. The molecule has 0 fully saturated rings. The van der Waals surface area contributed by atoms with E-state index in [1.807, 2.05) is 13.0 Å². The number of amides is 1. The van der Waals surface area contributed by atoms with Crippen molar-refractivity contribution >= 4 is 29.3 Å². The van der Waals surface area contributed by atoms with Gasteiger partial charge in [-0.15, -0.1) is 11.8 Å². The summed E-state index contributed by atoms with van der Waals surface area (Å²) in [5, 5.41) is 3.44. The predicted molar refractivity (Wildman–Crippen MR) is 78.4 cm³/mol. The van der Waals surface area contributed by atoms with E-state index in [1.54, 1.807) is 23.9 Å². The first-order valence-corrected chi connectivity index (χ1v) is 7.37. The van der Waals surface area contributed by atoms with Crippen molar-refractivity contribution in [2.24, 2.45) is 5.73 Å². The summed E-state index contributed by atoms with van der Waals surface area (Å²) in [5.41, 5.74) is 6.28. The van der Waals surface area contributed by atoms with Crippen LogP contribution in [0.1, 0.15) is 30.6 Å². The molecule has 0 aromatic heterocycles. The Morgan fingerprint density at radius 2 is 2.28 bits per heavy atom. The molecule has 0 aliphatic heterocycles. The van der Waals surface area contributed by atoms with E-state index in [0.717, 1.165) is 17.1 Å². The van der Waals surface area contributed by atoms with Gasteiger partial charge in [-0.25, -0.2) is 0 Å². The van der Waals surface area contributed by atoms with Crippen molar-refractivity contribution in [3.05, 3.63) is 28.8 Å². The van der Waals surface area contributed by atoms with Crippen molar-refractivity contribution in [1.29, 1.82) is 0 Å². The molecule has 18 heavy (non-hydrogen) atoms. The molecule has 1 aromatic rings. The molecule has 3 N–H and O–H groups in total. The van der Waals surface area contributed by atoms with Gasteiger partial charge in [0.05, 0.1) is 5.56 Å². The van der Waals surface area contributed by atoms with Crippen LogP contribution in [-0.4, -0.2) is 24.2 Å². The van der Waals surface area contributed by atoms with Crippen LogP contribution in [0.5, 0.6) is 0 Å². The minimum absolute atomic E-state index is 0.0888. The molecule has 1 unspecified atom stereocenters. The number of benzene rings is 1. The third kappa shape index (κ3) is 4.88. The van der Waals surface area contributed by atoms with Gasteiger partial charge in [-0.05, 0) is 37.3 Å². The quantitative estimate of drug-likeness (QED) is 0.791. The highest BCUT2D eigenvalue weighted by molar-refractivity contribution is 7.99. The number of thioether (sulfide) groups is 1. The van der Waals surface area contributed by atoms with Gasteiger partial charge >= 0.3 is 0 Å². The number of halogens is 1. The lowest BCUT2D eigenvalue weighted by Gasteiger charge is -2.10. The predicted octanol–water partition coefficient (Wildman–Crippen LogP) is 2.92. The molecule has 1 aromatic carbocycles. The van der Waals surface area contributed by atoms with Gasteiger partial charge in [-0.1, -0.05) is 18.5 Å². The first kappa shape index (κ1) is 15.3. The smallest absolute Gasteiger partial charge is 0.252 e. The van der Waals surface area contributed by atoms with E-state index in [1.165, 1.54) is 0 Å². The Bertz CT molecular complexity index is 410. The van der Waals surface area contributed by atoms with Gasteiger partial charge in [-0.2, -0.15) is 0 Å². The lowest BCUT2D eigenvalue weighted by Crippen LogP contribution is -2.29. The maximum atomic E-state index is 12.1. The molecule has 0 bridgehead atoms. The van der Waals surface area contributed by atoms with Crippen LogP contribution in [0.4, 0.5) is 0 Å². The molecule has 3 nitrogen and oxygen atoms in total. The zero-order chi connectivity index (χ0) is 13.5. The lowest BCUT2D eigenvalue weighted by atomic mass is 10.2. The molecule has 0 heterocycles. The Balaban J connectivity index is 2.73. The van der Waals surface area contributed by atoms with E-state index in [-0.39, 0.29) is 11.9 Å². The molecule has 0 saturated carbocycles. The number of carbonyl (C=O) groups excluding carboxylic acids is 1. The average molecular weight is 287 g/mol. The maximum Gasteiger partial charge on any atom is 0.252 e. The highest BCUT2D eigenvalue weighted by Crippen LogP contribution is 2.25. The highest BCUT2D eigenvalue weighted by atomic mass is 35.5. The Morgan fingerprint density at radius 1 is 1.56 bits per heavy atom. The molecule has 0 aliphatic carbocycles. The van der Waals surface area contributed by atoms with E-state index in [0.29, 0.717) is 17.1 Å². The monoisotopic (exact) mass is 286 g/mol. The van der Waals surface area contributed by atoms with Crippen LogP contribution in [0, 0.1) is 0 Å². The summed E-state index contributed by atoms with van der Waals surface area (Å²) in [6.45, 7) is 4.56. The zero-order valence-electron chi connectivity index (χ0n) is 10.7. The largest absolute Gasteiger partial charge is 0.352 e. The number of nitrogens with one attached hydrogen (secondary N) is 1. The van der Waals surface area contributed by atoms with Crippen LogP contribution in [0.2, 0.25) is 5.02 Å². The van der Waals surface area contributed by atoms with Gasteiger partial charge in [0.25, 0.3) is 5.91 Å². The van der Waals surface area contributed by atoms with E-state index in [2.05, 4.69) is 12.2 Å². The fraction of sp³-hybridized carbons (Fsp3) is 0.462. The third-order valence-electron chi connectivity index (χ3n) is 2.37. The molecule has 0 saturated heterocycles. The van der Waals surface area contributed by atoms with Crippen LogP contribution in [-0.2, 0) is 0 Å². The Morgan fingerprint density at radius 3 is 2.89 bits per heavy atom. The van der Waals surface area contributed by atoms with Crippen molar-refractivity contribution in [2.45, 2.75) is 31.2 Å². The molecule has 100 valence electrons. The number of nitrogens with two attached hydrogens (primary N) is 1. The molecular formula is C13H19ClN2OS. The minimum Gasteiger partial charge on any atom is -0.352 e. The summed E-state index contributed by atoms with van der Waals surface area (Å²) in [6.07, 6.45) is 0.766. The third-order valence-corrected chi connectivity index (χ3v) is 3.56. The van der Waals surface area contributed by atoms with Crippen LogP contribution in [0.25, 0.3) is 0 Å². The maximum absolute atomic E-state index is 12.1. The van der Waals surface area contributed by atoms with Crippen molar-refractivity contribution in [3.8, 4) is 0 Å². The van der Waals surface area contributed by atoms with E-state index >= 15 is 0 Å². The normalized spacial score (nSPS) is 12.2. The van der Waals surface area contributed by atoms with Crippen molar-refractivity contribution in [3.63, 3.8) is 0 Å². The Hall–Kier alpha value is -0.710. The van der Waals surface area contributed by atoms with Crippen LogP contribution in [0.15, 0.2) is 23.1 Å². The van der Waals surface area contributed by atoms with Gasteiger partial charge in [0.1, 0.15) is 0 Å². The second-order valence-corrected chi connectivity index (χ2v) is 5.84. The number of rotatable bonds is 6. The molecule has 1 rings (SSSR count). The lowest BCUT2D eigenvalue weighted by molar-refractivity contribution is 0.0950. The molecule has 1 amide bonds. The Kier molecular flexibility index (Phi) is 6.54. The highest BCUT2D eigenvalue weighted by Gasteiger charge is 2.11. The van der Waals surface area contributed by atoms with Crippen molar-refractivity contribution in [1.82, 2.24) is 5.32 Å². The van der Waals surface area contributed by atoms with Crippen molar-refractivity contribution < 1.29 is 4.79 Å². The summed E-state index contributed by atoms with van der Waals surface area (Å²) < 4.78 is 0. The fourth-order valence-electron chi connectivity index (χ4n) is 1.47. The zero-order valence-corrected chi connectivity index (χ0v) is 12.3. The second-order valence-electron chi connectivity index (χ2n) is 4.10. The molecule has 5 heteroatoms. The van der Waals surface area contributed by atoms with Crippen LogP contribution >= 0.6 is 23.4 Å². The van der Waals surface area contributed by atoms with Crippen molar-refractivity contribution in [2.75, 3.05) is 12.3 Å². The summed E-state index contributed by atoms with van der Waals surface area (Å²) in [5.74, 6) is 0.830. The number of hydrogen-bond acceptors (Lipinski definition) is 3. The van der Waals surface area contributed by atoms with E-state index in [4.69, 9.17) is 17.3 Å². The number of carbonyl (C=O) groups is 1. The summed E-state index contributed by atoms with van der Waals surface area (Å²) in [4.78, 5) is 13.0. The van der Waals surface area contributed by atoms with E-state index in [9.17, 15) is 4.79 Å². The fourth-order valence-corrected chi connectivity index (χ4v) is 2.42. The summed E-state index contributed by atoms with van der Waals surface area (Å²) in [7, 11) is 0. The van der Waals surface area contributed by atoms with Gasteiger partial charge in [-0.3, -0.25) is 4.79 Å². The average Bonchev–Trinajstić information content (AvgIpc) is 2.31. The molecule has 0 aliphatic rings. The minimum atomic E-state index is -0.0888. The Labute approximate surface area is 117 Å². The van der Waals surface area contributed by atoms with Gasteiger partial charge in [0.15, 0.2) is 0 Å². The summed E-state index contributed by atoms with van der Waals surface area (Å²) in [6, 6.07) is 5.49. The topological polar surface area (TPSA) is 55.1 Å². The second kappa shape index (κ2) is 7.67.